The highest BCUT2D eigenvalue weighted by Crippen LogP contribution is 2.22. The quantitative estimate of drug-likeness (QED) is 0.865. The number of aryl methyl sites for hydroxylation is 1. The molecule has 2 aromatic rings. The smallest absolute Gasteiger partial charge is 0.131 e. The topological polar surface area (TPSA) is 34.2 Å². The van der Waals surface area contributed by atoms with Crippen LogP contribution in [0.2, 0.25) is 0 Å². The van der Waals surface area contributed by atoms with Crippen LogP contribution in [-0.2, 0) is 13.2 Å². The Hall–Kier alpha value is -0.910. The van der Waals surface area contributed by atoms with E-state index in [-0.39, 0.29) is 0 Å². The normalized spacial score (nSPS) is 10.7. The Morgan fingerprint density at radius 3 is 3.00 bits per heavy atom. The van der Waals surface area contributed by atoms with E-state index >= 15 is 0 Å². The molecule has 0 bridgehead atoms. The number of nitrogens with zero attached hydrogens (tertiary/aromatic N) is 1. The standard InChI is InChI=1S/C14H17BrN2OS/c1-3-16-7-14-17-11(9-19-14)8-18-12-4-5-13(15)10(2)6-12/h4-6,9,16H,3,7-8H2,1-2H3. The first-order valence-electron chi connectivity index (χ1n) is 6.22. The number of nitrogens with one attached hydrogen (secondary N) is 1. The minimum absolute atomic E-state index is 0.518. The van der Waals surface area contributed by atoms with Crippen molar-refractivity contribution in [1.29, 1.82) is 0 Å². The summed E-state index contributed by atoms with van der Waals surface area (Å²) in [5.41, 5.74) is 2.15. The van der Waals surface area contributed by atoms with Gasteiger partial charge < -0.3 is 10.1 Å². The van der Waals surface area contributed by atoms with Crippen molar-refractivity contribution in [3.05, 3.63) is 44.3 Å². The summed E-state index contributed by atoms with van der Waals surface area (Å²) in [6.45, 7) is 6.45. The van der Waals surface area contributed by atoms with E-state index in [0.717, 1.165) is 34.0 Å². The maximum atomic E-state index is 5.75. The lowest BCUT2D eigenvalue weighted by atomic mass is 10.2. The highest BCUT2D eigenvalue weighted by Gasteiger charge is 2.03. The summed E-state index contributed by atoms with van der Waals surface area (Å²) in [6, 6.07) is 5.99. The Kier molecular flexibility index (Phi) is 5.36. The SMILES string of the molecule is CCNCc1nc(COc2ccc(Br)c(C)c2)cs1. The molecular weight excluding hydrogens is 324 g/mol. The molecule has 1 aromatic carbocycles. The van der Waals surface area contributed by atoms with Gasteiger partial charge in [-0.3, -0.25) is 0 Å². The van der Waals surface area contributed by atoms with Gasteiger partial charge in [-0.05, 0) is 37.2 Å². The van der Waals surface area contributed by atoms with Crippen LogP contribution in [0, 0.1) is 6.92 Å². The molecule has 0 fully saturated rings. The van der Waals surface area contributed by atoms with Crippen LogP contribution in [0.5, 0.6) is 5.75 Å². The molecule has 0 aliphatic carbocycles. The summed E-state index contributed by atoms with van der Waals surface area (Å²) in [4.78, 5) is 4.52. The molecule has 0 saturated carbocycles. The van der Waals surface area contributed by atoms with Gasteiger partial charge in [0.05, 0.1) is 5.69 Å². The van der Waals surface area contributed by atoms with Crippen LogP contribution in [0.15, 0.2) is 28.1 Å². The van der Waals surface area contributed by atoms with E-state index < -0.39 is 0 Å². The van der Waals surface area contributed by atoms with E-state index in [2.05, 4.69) is 38.5 Å². The van der Waals surface area contributed by atoms with E-state index in [0.29, 0.717) is 6.61 Å². The summed E-state index contributed by atoms with van der Waals surface area (Å²) in [5, 5.41) is 6.43. The zero-order chi connectivity index (χ0) is 13.7. The maximum absolute atomic E-state index is 5.75. The van der Waals surface area contributed by atoms with E-state index in [9.17, 15) is 0 Å². The van der Waals surface area contributed by atoms with Gasteiger partial charge in [0.1, 0.15) is 17.4 Å². The molecule has 102 valence electrons. The molecule has 0 aliphatic rings. The average molecular weight is 341 g/mol. The fourth-order valence-corrected chi connectivity index (χ4v) is 2.59. The average Bonchev–Trinajstić information content (AvgIpc) is 2.86. The lowest BCUT2D eigenvalue weighted by molar-refractivity contribution is 0.301. The second kappa shape index (κ2) is 7.03. The van der Waals surface area contributed by atoms with Crippen molar-refractivity contribution in [3.63, 3.8) is 0 Å². The lowest BCUT2D eigenvalue weighted by Crippen LogP contribution is -2.11. The fraction of sp³-hybridized carbons (Fsp3) is 0.357. The van der Waals surface area contributed by atoms with Crippen molar-refractivity contribution in [1.82, 2.24) is 10.3 Å². The van der Waals surface area contributed by atoms with Crippen LogP contribution in [0.3, 0.4) is 0 Å². The molecule has 19 heavy (non-hydrogen) atoms. The third kappa shape index (κ3) is 4.30. The molecule has 0 atom stereocenters. The van der Waals surface area contributed by atoms with Gasteiger partial charge >= 0.3 is 0 Å². The van der Waals surface area contributed by atoms with Crippen molar-refractivity contribution < 1.29 is 4.74 Å². The number of hydrogen-bond donors (Lipinski definition) is 1. The second-order valence-electron chi connectivity index (χ2n) is 4.21. The number of hydrogen-bond acceptors (Lipinski definition) is 4. The van der Waals surface area contributed by atoms with Gasteiger partial charge in [-0.15, -0.1) is 11.3 Å². The number of ether oxygens (including phenoxy) is 1. The summed E-state index contributed by atoms with van der Waals surface area (Å²) in [7, 11) is 0. The first kappa shape index (κ1) is 14.5. The highest BCUT2D eigenvalue weighted by molar-refractivity contribution is 9.10. The van der Waals surface area contributed by atoms with E-state index in [1.807, 2.05) is 25.1 Å². The van der Waals surface area contributed by atoms with Crippen LogP contribution in [0.1, 0.15) is 23.2 Å². The number of halogens is 1. The molecule has 3 nitrogen and oxygen atoms in total. The first-order valence-corrected chi connectivity index (χ1v) is 7.89. The Morgan fingerprint density at radius 1 is 1.42 bits per heavy atom. The van der Waals surface area contributed by atoms with Gasteiger partial charge in [-0.2, -0.15) is 0 Å². The molecule has 0 aliphatic heterocycles. The monoisotopic (exact) mass is 340 g/mol. The highest BCUT2D eigenvalue weighted by atomic mass is 79.9. The molecule has 1 N–H and O–H groups in total. The summed E-state index contributed by atoms with van der Waals surface area (Å²) < 4.78 is 6.85. The fourth-order valence-electron chi connectivity index (χ4n) is 1.59. The third-order valence-electron chi connectivity index (χ3n) is 2.64. The minimum atomic E-state index is 0.518. The van der Waals surface area contributed by atoms with Crippen LogP contribution in [0.25, 0.3) is 0 Å². The zero-order valence-electron chi connectivity index (χ0n) is 11.1. The van der Waals surface area contributed by atoms with Gasteiger partial charge in [-0.25, -0.2) is 4.98 Å². The Morgan fingerprint density at radius 2 is 2.26 bits per heavy atom. The van der Waals surface area contributed by atoms with Gasteiger partial charge in [0.15, 0.2) is 0 Å². The van der Waals surface area contributed by atoms with Gasteiger partial charge in [0.25, 0.3) is 0 Å². The van der Waals surface area contributed by atoms with E-state index in [1.54, 1.807) is 11.3 Å². The maximum Gasteiger partial charge on any atom is 0.131 e. The van der Waals surface area contributed by atoms with Crippen molar-refractivity contribution in [2.45, 2.75) is 27.0 Å². The molecule has 5 heteroatoms. The molecule has 1 heterocycles. The second-order valence-corrected chi connectivity index (χ2v) is 6.01. The summed E-state index contributed by atoms with van der Waals surface area (Å²) in [5.74, 6) is 0.877. The van der Waals surface area contributed by atoms with Gasteiger partial charge in [0, 0.05) is 16.4 Å². The Balaban J connectivity index is 1.91. The molecule has 1 aromatic heterocycles. The predicted octanol–water partition coefficient (Wildman–Crippen LogP) is 3.90. The van der Waals surface area contributed by atoms with Crippen LogP contribution < -0.4 is 10.1 Å². The van der Waals surface area contributed by atoms with Crippen LogP contribution in [0.4, 0.5) is 0 Å². The Bertz CT molecular complexity index is 542. The number of benzene rings is 1. The van der Waals surface area contributed by atoms with Crippen molar-refractivity contribution in [3.8, 4) is 5.75 Å². The number of aromatic nitrogens is 1. The molecular formula is C14H17BrN2OS. The van der Waals surface area contributed by atoms with Crippen molar-refractivity contribution in [2.75, 3.05) is 6.54 Å². The van der Waals surface area contributed by atoms with Crippen molar-refractivity contribution >= 4 is 27.3 Å². The molecule has 2 rings (SSSR count). The summed E-state index contributed by atoms with van der Waals surface area (Å²) in [6.07, 6.45) is 0. The third-order valence-corrected chi connectivity index (χ3v) is 4.43. The minimum Gasteiger partial charge on any atom is -0.487 e. The molecule has 0 unspecified atom stereocenters. The predicted molar refractivity (Wildman–Crippen MR) is 82.7 cm³/mol. The van der Waals surface area contributed by atoms with Crippen molar-refractivity contribution in [2.24, 2.45) is 0 Å². The first-order chi connectivity index (χ1) is 9.19. The van der Waals surface area contributed by atoms with Gasteiger partial charge in [0.2, 0.25) is 0 Å². The van der Waals surface area contributed by atoms with E-state index in [1.165, 1.54) is 5.56 Å². The number of rotatable bonds is 6. The molecule has 0 amide bonds. The Labute approximate surface area is 126 Å². The number of thiazole rings is 1. The molecule has 0 radical (unpaired) electrons. The summed E-state index contributed by atoms with van der Waals surface area (Å²) >= 11 is 5.15. The molecule has 0 saturated heterocycles. The largest absolute Gasteiger partial charge is 0.487 e. The zero-order valence-corrected chi connectivity index (χ0v) is 13.5. The molecule has 0 spiro atoms. The van der Waals surface area contributed by atoms with Crippen LogP contribution in [-0.4, -0.2) is 11.5 Å². The lowest BCUT2D eigenvalue weighted by Gasteiger charge is -2.06. The van der Waals surface area contributed by atoms with E-state index in [4.69, 9.17) is 4.74 Å². The van der Waals surface area contributed by atoms with Gasteiger partial charge in [-0.1, -0.05) is 22.9 Å². The van der Waals surface area contributed by atoms with Crippen LogP contribution >= 0.6 is 27.3 Å².